The van der Waals surface area contributed by atoms with E-state index in [-0.39, 0.29) is 18.8 Å². The van der Waals surface area contributed by atoms with Crippen molar-refractivity contribution in [3.8, 4) is 0 Å². The summed E-state index contributed by atoms with van der Waals surface area (Å²) in [6, 6.07) is 3.72. The highest BCUT2D eigenvalue weighted by Crippen LogP contribution is 2.32. The summed E-state index contributed by atoms with van der Waals surface area (Å²) in [6.45, 7) is 2.69. The third kappa shape index (κ3) is 4.71. The highest BCUT2D eigenvalue weighted by atomic mass is 79.9. The van der Waals surface area contributed by atoms with Crippen LogP contribution in [-0.4, -0.2) is 29.8 Å². The Morgan fingerprint density at radius 1 is 1.38 bits per heavy atom. The molecule has 0 heterocycles. The second kappa shape index (κ2) is 8.83. The van der Waals surface area contributed by atoms with Crippen LogP contribution in [0.1, 0.15) is 61.4 Å². The Morgan fingerprint density at radius 3 is 2.71 bits per heavy atom. The van der Waals surface area contributed by atoms with E-state index in [9.17, 15) is 4.79 Å². The third-order valence-corrected chi connectivity index (χ3v) is 5.54. The number of nitrogens with two attached hydrogens (primary N) is 1. The first-order valence-corrected chi connectivity index (χ1v) is 9.41. The van der Waals surface area contributed by atoms with Crippen molar-refractivity contribution in [2.45, 2.75) is 57.5 Å². The molecular formula is C18H27BrN2O3. The fraction of sp³-hybridized carbons (Fsp3) is 0.611. The number of halogens is 1. The number of hydrogen-bond acceptors (Lipinski definition) is 5. The van der Waals surface area contributed by atoms with Crippen molar-refractivity contribution in [2.24, 2.45) is 0 Å². The first-order chi connectivity index (χ1) is 11.5. The van der Waals surface area contributed by atoms with Crippen LogP contribution in [0.15, 0.2) is 16.6 Å². The largest absolute Gasteiger partial charge is 0.460 e. The highest BCUT2D eigenvalue weighted by Gasteiger charge is 2.29. The Morgan fingerprint density at radius 2 is 2.08 bits per heavy atom. The highest BCUT2D eigenvalue weighted by molar-refractivity contribution is 9.10. The molecule has 6 heteroatoms. The van der Waals surface area contributed by atoms with Crippen LogP contribution < -0.4 is 11.1 Å². The van der Waals surface area contributed by atoms with Gasteiger partial charge >= 0.3 is 5.97 Å². The molecule has 0 atom stereocenters. The quantitative estimate of drug-likeness (QED) is 0.484. The van der Waals surface area contributed by atoms with Crippen LogP contribution in [-0.2, 0) is 11.3 Å². The summed E-state index contributed by atoms with van der Waals surface area (Å²) in [4.78, 5) is 12.1. The summed E-state index contributed by atoms with van der Waals surface area (Å²) in [6.07, 6.45) is 7.36. The molecule has 0 saturated heterocycles. The number of carbonyl (C=O) groups excluding carboxylic acids is 1. The van der Waals surface area contributed by atoms with Gasteiger partial charge in [0, 0.05) is 16.6 Å². The molecular weight excluding hydrogens is 372 g/mol. The number of nitrogen functional groups attached to an aromatic ring is 1. The van der Waals surface area contributed by atoms with E-state index >= 15 is 0 Å². The van der Waals surface area contributed by atoms with Gasteiger partial charge in [0.1, 0.15) is 6.61 Å². The van der Waals surface area contributed by atoms with Crippen LogP contribution in [0.5, 0.6) is 0 Å². The molecule has 4 N–H and O–H groups in total. The Bertz CT molecular complexity index is 572. The minimum atomic E-state index is -0.507. The van der Waals surface area contributed by atoms with E-state index in [0.717, 1.165) is 12.0 Å². The molecule has 0 bridgehead atoms. The van der Waals surface area contributed by atoms with E-state index in [4.69, 9.17) is 15.6 Å². The molecule has 5 nitrogen and oxygen atoms in total. The number of rotatable bonds is 7. The molecule has 1 aliphatic rings. The van der Waals surface area contributed by atoms with Gasteiger partial charge in [0.15, 0.2) is 0 Å². The number of ether oxygens (including phenoxy) is 1. The lowest BCUT2D eigenvalue weighted by atomic mass is 9.79. The van der Waals surface area contributed by atoms with Crippen molar-refractivity contribution >= 4 is 27.6 Å². The summed E-state index contributed by atoms with van der Waals surface area (Å²) in [5, 5.41) is 12.5. The number of aliphatic hydroxyl groups excluding tert-OH is 1. The van der Waals surface area contributed by atoms with Gasteiger partial charge < -0.3 is 20.9 Å². The topological polar surface area (TPSA) is 84.6 Å². The van der Waals surface area contributed by atoms with Crippen molar-refractivity contribution in [3.63, 3.8) is 0 Å². The van der Waals surface area contributed by atoms with Gasteiger partial charge in [-0.1, -0.05) is 26.2 Å². The molecule has 0 aromatic heterocycles. The molecule has 0 amide bonds. The lowest BCUT2D eigenvalue weighted by molar-refractivity contribution is 0.0435. The van der Waals surface area contributed by atoms with Crippen LogP contribution in [0.2, 0.25) is 0 Å². The fourth-order valence-electron chi connectivity index (χ4n) is 3.33. The Hall–Kier alpha value is -1.11. The second-order valence-electron chi connectivity index (χ2n) is 6.45. The Kier molecular flexibility index (Phi) is 7.07. The van der Waals surface area contributed by atoms with Gasteiger partial charge in [-0.25, -0.2) is 4.79 Å². The minimum absolute atomic E-state index is 0.0304. The first kappa shape index (κ1) is 19.2. The van der Waals surface area contributed by atoms with E-state index in [1.165, 1.54) is 32.1 Å². The van der Waals surface area contributed by atoms with Gasteiger partial charge in [-0.3, -0.25) is 0 Å². The predicted octanol–water partition coefficient (Wildman–Crippen LogP) is 3.38. The van der Waals surface area contributed by atoms with Crippen LogP contribution in [0.3, 0.4) is 0 Å². The second-order valence-corrected chi connectivity index (χ2v) is 7.30. The molecule has 24 heavy (non-hydrogen) atoms. The monoisotopic (exact) mass is 398 g/mol. The maximum Gasteiger partial charge on any atom is 0.340 e. The minimum Gasteiger partial charge on any atom is -0.460 e. The zero-order valence-corrected chi connectivity index (χ0v) is 15.8. The molecule has 1 aromatic carbocycles. The number of hydrogen-bond donors (Lipinski definition) is 3. The van der Waals surface area contributed by atoms with E-state index < -0.39 is 5.97 Å². The molecule has 1 aliphatic carbocycles. The van der Waals surface area contributed by atoms with Gasteiger partial charge in [0.25, 0.3) is 0 Å². The molecule has 1 fully saturated rings. The number of carbonyl (C=O) groups is 1. The van der Waals surface area contributed by atoms with Crippen LogP contribution in [0, 0.1) is 0 Å². The van der Waals surface area contributed by atoms with Crippen molar-refractivity contribution < 1.29 is 14.6 Å². The molecule has 2 rings (SSSR count). The van der Waals surface area contributed by atoms with Gasteiger partial charge in [0.2, 0.25) is 0 Å². The molecule has 1 aromatic rings. The van der Waals surface area contributed by atoms with Crippen molar-refractivity contribution in [3.05, 3.63) is 27.7 Å². The molecule has 1 saturated carbocycles. The summed E-state index contributed by atoms with van der Waals surface area (Å²) < 4.78 is 5.68. The number of benzene rings is 1. The number of nitrogens with one attached hydrogen (secondary N) is 1. The van der Waals surface area contributed by atoms with E-state index in [0.29, 0.717) is 22.3 Å². The first-order valence-electron chi connectivity index (χ1n) is 8.62. The molecule has 0 spiro atoms. The summed E-state index contributed by atoms with van der Waals surface area (Å²) in [7, 11) is 0. The van der Waals surface area contributed by atoms with Crippen molar-refractivity contribution in [1.82, 2.24) is 5.32 Å². The van der Waals surface area contributed by atoms with E-state index in [1.807, 2.05) is 6.07 Å². The van der Waals surface area contributed by atoms with Crippen LogP contribution >= 0.6 is 15.9 Å². The molecule has 0 radical (unpaired) electrons. The SMILES string of the molecule is CCC1(NCc2cc(Br)c(N)c(C(=O)OCCO)c2)CCCCC1. The summed E-state index contributed by atoms with van der Waals surface area (Å²) in [5.74, 6) is -0.507. The zero-order valence-electron chi connectivity index (χ0n) is 14.2. The van der Waals surface area contributed by atoms with E-state index in [1.54, 1.807) is 6.07 Å². The lowest BCUT2D eigenvalue weighted by Crippen LogP contribution is -2.45. The molecule has 0 aliphatic heterocycles. The van der Waals surface area contributed by atoms with Crippen LogP contribution in [0.25, 0.3) is 0 Å². The van der Waals surface area contributed by atoms with Gasteiger partial charge in [-0.2, -0.15) is 0 Å². The lowest BCUT2D eigenvalue weighted by Gasteiger charge is -2.38. The Labute approximate surface area is 152 Å². The summed E-state index contributed by atoms with van der Waals surface area (Å²) in [5.41, 5.74) is 7.88. The average Bonchev–Trinajstić information content (AvgIpc) is 2.61. The van der Waals surface area contributed by atoms with Crippen molar-refractivity contribution in [2.75, 3.05) is 18.9 Å². The van der Waals surface area contributed by atoms with Gasteiger partial charge in [-0.15, -0.1) is 0 Å². The smallest absolute Gasteiger partial charge is 0.340 e. The molecule has 134 valence electrons. The predicted molar refractivity (Wildman–Crippen MR) is 98.9 cm³/mol. The number of esters is 1. The number of aliphatic hydroxyl groups is 1. The van der Waals surface area contributed by atoms with Crippen molar-refractivity contribution in [1.29, 1.82) is 0 Å². The summed E-state index contributed by atoms with van der Waals surface area (Å²) >= 11 is 3.42. The van der Waals surface area contributed by atoms with Gasteiger partial charge in [-0.05, 0) is 52.9 Å². The normalized spacial score (nSPS) is 16.8. The third-order valence-electron chi connectivity index (χ3n) is 4.89. The van der Waals surface area contributed by atoms with Crippen LogP contribution in [0.4, 0.5) is 5.69 Å². The maximum atomic E-state index is 12.1. The molecule has 0 unspecified atom stereocenters. The van der Waals surface area contributed by atoms with Gasteiger partial charge in [0.05, 0.1) is 17.9 Å². The van der Waals surface area contributed by atoms with E-state index in [2.05, 4.69) is 28.2 Å². The number of anilines is 1. The maximum absolute atomic E-state index is 12.1. The average molecular weight is 399 g/mol. The fourth-order valence-corrected chi connectivity index (χ4v) is 3.84. The Balaban J connectivity index is 2.12. The standard InChI is InChI=1S/C18H27BrN2O3/c1-2-18(6-4-3-5-7-18)21-12-13-10-14(16(20)15(19)11-13)17(23)24-9-8-22/h10-11,21-22H,2-9,12,20H2,1H3. The zero-order chi connectivity index (χ0) is 17.6.